The maximum atomic E-state index is 11.9. The molecule has 0 aromatic carbocycles. The molecular formula is C11H16N4O. The predicted octanol–water partition coefficient (Wildman–Crippen LogP) is 1.32. The summed E-state index contributed by atoms with van der Waals surface area (Å²) in [5.41, 5.74) is 1.52. The summed E-state index contributed by atoms with van der Waals surface area (Å²) >= 11 is 0. The van der Waals surface area contributed by atoms with Gasteiger partial charge in [0.05, 0.1) is 6.20 Å². The quantitative estimate of drug-likeness (QED) is 0.730. The van der Waals surface area contributed by atoms with Crippen LogP contribution in [-0.4, -0.2) is 19.1 Å². The Bertz CT molecular complexity index is 540. The third kappa shape index (κ3) is 1.73. The van der Waals surface area contributed by atoms with Crippen molar-refractivity contribution >= 4 is 11.2 Å². The number of nitrogens with zero attached hydrogens (tertiary/aromatic N) is 4. The van der Waals surface area contributed by atoms with E-state index in [2.05, 4.69) is 16.9 Å². The molecule has 0 amide bonds. The monoisotopic (exact) mass is 220 g/mol. The highest BCUT2D eigenvalue weighted by molar-refractivity contribution is 5.69. The third-order valence-corrected chi connectivity index (χ3v) is 2.79. The first kappa shape index (κ1) is 10.9. The van der Waals surface area contributed by atoms with Crippen molar-refractivity contribution in [2.24, 2.45) is 7.05 Å². The number of rotatable bonds is 4. The predicted molar refractivity (Wildman–Crippen MR) is 62.3 cm³/mol. The molecule has 5 nitrogen and oxygen atoms in total. The summed E-state index contributed by atoms with van der Waals surface area (Å²) in [7, 11) is 1.75. The van der Waals surface area contributed by atoms with Crippen LogP contribution in [0.5, 0.6) is 0 Å². The van der Waals surface area contributed by atoms with E-state index in [1.165, 1.54) is 6.33 Å². The first-order valence-electron chi connectivity index (χ1n) is 5.61. The topological polar surface area (TPSA) is 52.7 Å². The van der Waals surface area contributed by atoms with Gasteiger partial charge in [0.1, 0.15) is 11.8 Å². The minimum atomic E-state index is -0.00777. The molecule has 16 heavy (non-hydrogen) atoms. The van der Waals surface area contributed by atoms with Crippen molar-refractivity contribution < 1.29 is 0 Å². The number of hydrogen-bond donors (Lipinski definition) is 0. The van der Waals surface area contributed by atoms with Gasteiger partial charge in [0, 0.05) is 13.6 Å². The highest BCUT2D eigenvalue weighted by atomic mass is 16.1. The van der Waals surface area contributed by atoms with Crippen LogP contribution in [0.15, 0.2) is 17.3 Å². The van der Waals surface area contributed by atoms with E-state index in [1.807, 2.05) is 0 Å². The Morgan fingerprint density at radius 1 is 1.38 bits per heavy atom. The summed E-state index contributed by atoms with van der Waals surface area (Å²) in [4.78, 5) is 20.1. The highest BCUT2D eigenvalue weighted by Gasteiger charge is 2.10. The van der Waals surface area contributed by atoms with Crippen LogP contribution in [0.2, 0.25) is 0 Å². The number of fused-ring (bicyclic) bond motifs is 1. The maximum absolute atomic E-state index is 11.9. The molecule has 5 heteroatoms. The lowest BCUT2D eigenvalue weighted by atomic mass is 10.2. The summed E-state index contributed by atoms with van der Waals surface area (Å²) in [6, 6.07) is 0. The Balaban J connectivity index is 2.43. The van der Waals surface area contributed by atoms with Crippen LogP contribution in [0.25, 0.3) is 11.2 Å². The summed E-state index contributed by atoms with van der Waals surface area (Å²) < 4.78 is 3.33. The van der Waals surface area contributed by atoms with Gasteiger partial charge in [-0.3, -0.25) is 9.13 Å². The first-order chi connectivity index (χ1) is 7.75. The van der Waals surface area contributed by atoms with Crippen molar-refractivity contribution in [2.75, 3.05) is 0 Å². The minimum Gasteiger partial charge on any atom is -0.292 e. The fraction of sp³-hybridized carbons (Fsp3) is 0.545. The first-order valence-corrected chi connectivity index (χ1v) is 5.61. The van der Waals surface area contributed by atoms with Gasteiger partial charge in [-0.15, -0.1) is 0 Å². The summed E-state index contributed by atoms with van der Waals surface area (Å²) in [5.74, 6) is 0. The molecule has 0 aliphatic carbocycles. The standard InChI is InChI=1S/C11H16N4O/c1-3-4-5-6-15-10-9(7-12-8-13-10)14(2)11(15)16/h7-8H,3-6H2,1-2H3. The lowest BCUT2D eigenvalue weighted by molar-refractivity contribution is 0.587. The van der Waals surface area contributed by atoms with Gasteiger partial charge in [-0.25, -0.2) is 14.8 Å². The van der Waals surface area contributed by atoms with Gasteiger partial charge < -0.3 is 0 Å². The van der Waals surface area contributed by atoms with Crippen LogP contribution < -0.4 is 5.69 Å². The van der Waals surface area contributed by atoms with E-state index < -0.39 is 0 Å². The molecule has 0 fully saturated rings. The van der Waals surface area contributed by atoms with Gasteiger partial charge in [-0.1, -0.05) is 19.8 Å². The fourth-order valence-corrected chi connectivity index (χ4v) is 1.86. The maximum Gasteiger partial charge on any atom is 0.330 e. The molecule has 0 aliphatic rings. The van der Waals surface area contributed by atoms with Gasteiger partial charge in [-0.2, -0.15) is 0 Å². The minimum absolute atomic E-state index is 0.00777. The largest absolute Gasteiger partial charge is 0.330 e. The van der Waals surface area contributed by atoms with E-state index in [-0.39, 0.29) is 5.69 Å². The molecule has 0 bridgehead atoms. The second-order valence-electron chi connectivity index (χ2n) is 3.93. The van der Waals surface area contributed by atoms with Gasteiger partial charge in [0.15, 0.2) is 5.65 Å². The molecule has 2 rings (SSSR count). The van der Waals surface area contributed by atoms with Gasteiger partial charge in [0.25, 0.3) is 0 Å². The van der Waals surface area contributed by atoms with Crippen LogP contribution in [0.4, 0.5) is 0 Å². The van der Waals surface area contributed by atoms with Crippen molar-refractivity contribution in [1.82, 2.24) is 19.1 Å². The van der Waals surface area contributed by atoms with Crippen LogP contribution in [0, 0.1) is 0 Å². The SMILES string of the molecule is CCCCCn1c(=O)n(C)c2cncnc21. The van der Waals surface area contributed by atoms with E-state index >= 15 is 0 Å². The molecule has 0 radical (unpaired) electrons. The average molecular weight is 220 g/mol. The molecule has 2 aromatic rings. The van der Waals surface area contributed by atoms with E-state index in [4.69, 9.17) is 0 Å². The number of unbranched alkanes of at least 4 members (excludes halogenated alkanes) is 2. The summed E-state index contributed by atoms with van der Waals surface area (Å²) in [6.45, 7) is 2.88. The molecule has 0 unspecified atom stereocenters. The second-order valence-corrected chi connectivity index (χ2v) is 3.93. The average Bonchev–Trinajstić information content (AvgIpc) is 2.55. The van der Waals surface area contributed by atoms with Crippen molar-refractivity contribution in [3.05, 3.63) is 23.0 Å². The zero-order valence-electron chi connectivity index (χ0n) is 9.68. The Labute approximate surface area is 93.8 Å². The van der Waals surface area contributed by atoms with Crippen molar-refractivity contribution in [3.8, 4) is 0 Å². The van der Waals surface area contributed by atoms with E-state index in [1.54, 1.807) is 22.4 Å². The summed E-state index contributed by atoms with van der Waals surface area (Å²) in [5, 5.41) is 0. The molecule has 0 saturated carbocycles. The van der Waals surface area contributed by atoms with Gasteiger partial charge in [-0.05, 0) is 6.42 Å². The zero-order chi connectivity index (χ0) is 11.5. The molecule has 0 spiro atoms. The highest BCUT2D eigenvalue weighted by Crippen LogP contribution is 2.08. The molecule has 86 valence electrons. The molecule has 2 heterocycles. The number of aromatic nitrogens is 4. The normalized spacial score (nSPS) is 11.1. The van der Waals surface area contributed by atoms with Gasteiger partial charge >= 0.3 is 5.69 Å². The number of imidazole rings is 1. The molecule has 0 saturated heterocycles. The lowest BCUT2D eigenvalue weighted by Gasteiger charge is -2.00. The fourth-order valence-electron chi connectivity index (χ4n) is 1.86. The molecule has 0 N–H and O–H groups in total. The van der Waals surface area contributed by atoms with Crippen molar-refractivity contribution in [3.63, 3.8) is 0 Å². The zero-order valence-corrected chi connectivity index (χ0v) is 9.68. The third-order valence-electron chi connectivity index (χ3n) is 2.79. The van der Waals surface area contributed by atoms with Crippen molar-refractivity contribution in [1.29, 1.82) is 0 Å². The Kier molecular flexibility index (Phi) is 3.03. The number of hydrogen-bond acceptors (Lipinski definition) is 3. The second kappa shape index (κ2) is 4.47. The van der Waals surface area contributed by atoms with Crippen LogP contribution >= 0.6 is 0 Å². The number of aryl methyl sites for hydroxylation is 2. The van der Waals surface area contributed by atoms with E-state index in [0.29, 0.717) is 0 Å². The molecule has 0 aliphatic heterocycles. The Morgan fingerprint density at radius 3 is 2.94 bits per heavy atom. The van der Waals surface area contributed by atoms with E-state index in [9.17, 15) is 4.79 Å². The van der Waals surface area contributed by atoms with Crippen molar-refractivity contribution in [2.45, 2.75) is 32.7 Å². The molecular weight excluding hydrogens is 204 g/mol. The lowest BCUT2D eigenvalue weighted by Crippen LogP contribution is -2.22. The van der Waals surface area contributed by atoms with Crippen LogP contribution in [0.1, 0.15) is 26.2 Å². The van der Waals surface area contributed by atoms with Crippen LogP contribution in [-0.2, 0) is 13.6 Å². The van der Waals surface area contributed by atoms with E-state index in [0.717, 1.165) is 37.0 Å². The summed E-state index contributed by atoms with van der Waals surface area (Å²) in [6.07, 6.45) is 6.46. The molecule has 0 atom stereocenters. The van der Waals surface area contributed by atoms with Crippen LogP contribution in [0.3, 0.4) is 0 Å². The van der Waals surface area contributed by atoms with Gasteiger partial charge in [0.2, 0.25) is 0 Å². The molecule has 2 aromatic heterocycles. The Hall–Kier alpha value is -1.65. The Morgan fingerprint density at radius 2 is 2.19 bits per heavy atom. The smallest absolute Gasteiger partial charge is 0.292 e.